The number of hydrogen-bond acceptors (Lipinski definition) is 3. The van der Waals surface area contributed by atoms with Crippen LogP contribution in [0.3, 0.4) is 0 Å². The van der Waals surface area contributed by atoms with E-state index in [2.05, 4.69) is 66.1 Å². The number of imidazole rings is 1. The van der Waals surface area contributed by atoms with Crippen molar-refractivity contribution in [1.29, 1.82) is 0 Å². The summed E-state index contributed by atoms with van der Waals surface area (Å²) in [5, 5.41) is 4.73. The van der Waals surface area contributed by atoms with Gasteiger partial charge in [-0.15, -0.1) is 0 Å². The summed E-state index contributed by atoms with van der Waals surface area (Å²) in [6, 6.07) is 32.0. The molecule has 0 spiro atoms. The lowest BCUT2D eigenvalue weighted by molar-refractivity contribution is 0.594. The molecule has 0 amide bonds. The van der Waals surface area contributed by atoms with Gasteiger partial charge in [0.15, 0.2) is 0 Å². The van der Waals surface area contributed by atoms with Crippen LogP contribution in [-0.2, 0) is 16.3 Å². The zero-order chi connectivity index (χ0) is 24.9. The van der Waals surface area contributed by atoms with Crippen molar-refractivity contribution in [2.45, 2.75) is 23.1 Å². The van der Waals surface area contributed by atoms with E-state index in [0.29, 0.717) is 32.9 Å². The van der Waals surface area contributed by atoms with Crippen molar-refractivity contribution in [1.82, 2.24) is 14.1 Å². The molecule has 178 valence electrons. The van der Waals surface area contributed by atoms with Gasteiger partial charge in [-0.1, -0.05) is 67.6 Å². The maximum absolute atomic E-state index is 13.7. The van der Waals surface area contributed by atoms with Gasteiger partial charge in [-0.05, 0) is 47.2 Å². The second-order valence-electron chi connectivity index (χ2n) is 9.50. The second-order valence-corrected chi connectivity index (χ2v) is 11.4. The normalized spacial score (nSPS) is 14.1. The molecule has 2 aromatic heterocycles. The maximum atomic E-state index is 13.7. The second kappa shape index (κ2) is 7.08. The van der Waals surface area contributed by atoms with Crippen molar-refractivity contribution in [2.75, 3.05) is 0 Å². The molecular weight excluding hydrogens is 478 g/mol. The Bertz CT molecular complexity index is 2200. The Morgan fingerprint density at radius 1 is 0.676 bits per heavy atom. The number of fused-ring (bicyclic) bond motifs is 7. The molecule has 1 aliphatic heterocycles. The highest BCUT2D eigenvalue weighted by Crippen LogP contribution is 2.43. The monoisotopic (exact) mass is 499 g/mol. The largest absolute Gasteiger partial charge is 0.307 e. The molecule has 0 aliphatic carbocycles. The van der Waals surface area contributed by atoms with Gasteiger partial charge in [0.2, 0.25) is 9.84 Å². The highest BCUT2D eigenvalue weighted by Gasteiger charge is 2.34. The molecule has 5 nitrogen and oxygen atoms in total. The Labute approximate surface area is 213 Å². The summed E-state index contributed by atoms with van der Waals surface area (Å²) in [4.78, 5) is 5.71. The van der Waals surface area contributed by atoms with Crippen molar-refractivity contribution in [3.05, 3.63) is 103 Å². The highest BCUT2D eigenvalue weighted by molar-refractivity contribution is 7.92. The summed E-state index contributed by atoms with van der Waals surface area (Å²) in [7, 11) is -3.67. The van der Waals surface area contributed by atoms with Crippen LogP contribution in [0.25, 0.3) is 55.0 Å². The first kappa shape index (κ1) is 20.7. The van der Waals surface area contributed by atoms with E-state index in [4.69, 9.17) is 4.98 Å². The Balaban J connectivity index is 1.58. The van der Waals surface area contributed by atoms with E-state index in [1.54, 1.807) is 18.2 Å². The zero-order valence-electron chi connectivity index (χ0n) is 20.0. The molecule has 5 aromatic carbocycles. The van der Waals surface area contributed by atoms with Gasteiger partial charge in [0, 0.05) is 17.2 Å². The predicted molar refractivity (Wildman–Crippen MR) is 148 cm³/mol. The Hall–Kier alpha value is -4.42. The number of aromatic nitrogens is 3. The minimum atomic E-state index is -3.67. The van der Waals surface area contributed by atoms with Crippen molar-refractivity contribution in [2.24, 2.45) is 0 Å². The predicted octanol–water partition coefficient (Wildman–Crippen LogP) is 6.98. The van der Waals surface area contributed by atoms with Gasteiger partial charge >= 0.3 is 0 Å². The Morgan fingerprint density at radius 2 is 1.43 bits per heavy atom. The highest BCUT2D eigenvalue weighted by atomic mass is 32.2. The molecule has 3 heterocycles. The molecule has 0 N–H and O–H groups in total. The van der Waals surface area contributed by atoms with Crippen molar-refractivity contribution in [3.8, 4) is 11.4 Å². The van der Waals surface area contributed by atoms with Gasteiger partial charge in [0.05, 0.1) is 37.7 Å². The van der Waals surface area contributed by atoms with Crippen LogP contribution in [0.15, 0.2) is 107 Å². The number of hydrogen-bond donors (Lipinski definition) is 0. The smallest absolute Gasteiger partial charge is 0.210 e. The Kier molecular flexibility index (Phi) is 3.97. The van der Waals surface area contributed by atoms with Gasteiger partial charge < -0.3 is 4.57 Å². The third-order valence-corrected chi connectivity index (χ3v) is 9.45. The molecule has 0 saturated heterocycles. The van der Waals surface area contributed by atoms with Crippen molar-refractivity contribution < 1.29 is 8.42 Å². The third-order valence-electron chi connectivity index (χ3n) is 7.62. The summed E-state index contributed by atoms with van der Waals surface area (Å²) >= 11 is 0. The Morgan fingerprint density at radius 3 is 2.30 bits per heavy atom. The average molecular weight is 500 g/mol. The van der Waals surface area contributed by atoms with Crippen LogP contribution in [-0.4, -0.2) is 22.5 Å². The summed E-state index contributed by atoms with van der Waals surface area (Å²) in [6.45, 7) is 2.06. The third kappa shape index (κ3) is 2.53. The summed E-state index contributed by atoms with van der Waals surface area (Å²) in [6.07, 6.45) is 0.680. The van der Waals surface area contributed by atoms with Gasteiger partial charge in [-0.25, -0.2) is 13.4 Å². The summed E-state index contributed by atoms with van der Waals surface area (Å²) < 4.78 is 31.7. The lowest BCUT2D eigenvalue weighted by Crippen LogP contribution is -2.16. The van der Waals surface area contributed by atoms with Gasteiger partial charge in [-0.2, -0.15) is 0 Å². The number of rotatable bonds is 2. The quantitative estimate of drug-likeness (QED) is 0.258. The molecule has 7 aromatic rings. The van der Waals surface area contributed by atoms with Gasteiger partial charge in [0.1, 0.15) is 11.3 Å². The zero-order valence-corrected chi connectivity index (χ0v) is 20.8. The molecule has 0 radical (unpaired) electrons. The molecule has 0 bridgehead atoms. The fraction of sp³-hybridized carbons (Fsp3) is 0.0645. The minimum absolute atomic E-state index is 0.309. The molecule has 1 aliphatic rings. The van der Waals surface area contributed by atoms with Crippen LogP contribution in [0.4, 0.5) is 0 Å². The van der Waals surface area contributed by atoms with Crippen LogP contribution in [0, 0.1) is 0 Å². The SMILES string of the molecule is CCc1nc2c(-n3c4ccccc4c4c5ccccc5ccc43)ccc3c2n1-c1ccccc1S3(=O)=O. The molecule has 0 saturated carbocycles. The molecule has 8 rings (SSSR count). The van der Waals surface area contributed by atoms with Crippen molar-refractivity contribution >= 4 is 53.4 Å². The number of aryl methyl sites for hydroxylation is 1. The molecule has 0 fully saturated rings. The molecule has 6 heteroatoms. The summed E-state index contributed by atoms with van der Waals surface area (Å²) in [5.74, 6) is 0.845. The van der Waals surface area contributed by atoms with E-state index < -0.39 is 9.84 Å². The number of para-hydroxylation sites is 2. The lowest BCUT2D eigenvalue weighted by Gasteiger charge is -2.21. The average Bonchev–Trinajstić information content (AvgIpc) is 3.49. The van der Waals surface area contributed by atoms with E-state index in [-0.39, 0.29) is 0 Å². The first-order valence-corrected chi connectivity index (χ1v) is 13.9. The van der Waals surface area contributed by atoms with Crippen LogP contribution < -0.4 is 0 Å². The van der Waals surface area contributed by atoms with E-state index in [0.717, 1.165) is 27.9 Å². The first-order chi connectivity index (χ1) is 18.1. The number of sulfone groups is 1. The molecule has 0 unspecified atom stereocenters. The van der Waals surface area contributed by atoms with Crippen LogP contribution in [0.1, 0.15) is 12.7 Å². The van der Waals surface area contributed by atoms with Gasteiger partial charge in [0.25, 0.3) is 0 Å². The van der Waals surface area contributed by atoms with Crippen LogP contribution in [0.2, 0.25) is 0 Å². The summed E-state index contributed by atoms with van der Waals surface area (Å²) in [5.41, 5.74) is 5.03. The fourth-order valence-electron chi connectivity index (χ4n) is 6.07. The van der Waals surface area contributed by atoms with E-state index in [1.165, 1.54) is 16.2 Å². The molecule has 0 atom stereocenters. The standard InChI is InChI=1S/C31H21N3O2S/c1-2-28-32-30-25(17-18-27-31(30)34(28)23-13-7-8-14-26(23)37(27,35)36)33-22-12-6-5-11-21(22)29-20-10-4-3-9-19(20)15-16-24(29)33/h3-18H,2H2,1H3. The van der Waals surface area contributed by atoms with Crippen LogP contribution in [0.5, 0.6) is 0 Å². The first-order valence-electron chi connectivity index (χ1n) is 12.4. The van der Waals surface area contributed by atoms with E-state index >= 15 is 0 Å². The van der Waals surface area contributed by atoms with Crippen LogP contribution >= 0.6 is 0 Å². The van der Waals surface area contributed by atoms with Gasteiger partial charge in [-0.3, -0.25) is 4.57 Å². The number of nitrogens with zero attached hydrogens (tertiary/aromatic N) is 3. The lowest BCUT2D eigenvalue weighted by atomic mass is 10.0. The minimum Gasteiger partial charge on any atom is -0.307 e. The van der Waals surface area contributed by atoms with Crippen molar-refractivity contribution in [3.63, 3.8) is 0 Å². The topological polar surface area (TPSA) is 56.9 Å². The molecular formula is C31H21N3O2S. The number of benzene rings is 5. The fourth-order valence-corrected chi connectivity index (χ4v) is 7.68. The van der Waals surface area contributed by atoms with E-state index in [9.17, 15) is 8.42 Å². The molecule has 37 heavy (non-hydrogen) atoms. The maximum Gasteiger partial charge on any atom is 0.210 e. The van der Waals surface area contributed by atoms with E-state index in [1.807, 2.05) is 28.8 Å².